The highest BCUT2D eigenvalue weighted by molar-refractivity contribution is 7.89. The second-order valence-electron chi connectivity index (χ2n) is 8.63. The van der Waals surface area contributed by atoms with E-state index in [-0.39, 0.29) is 39.9 Å². The van der Waals surface area contributed by atoms with Gasteiger partial charge in [-0.15, -0.1) is 0 Å². The number of aromatic nitrogens is 2. The summed E-state index contributed by atoms with van der Waals surface area (Å²) in [6, 6.07) is 11.6. The zero-order valence-corrected chi connectivity index (χ0v) is 21.0. The van der Waals surface area contributed by atoms with Crippen molar-refractivity contribution in [2.45, 2.75) is 24.3 Å². The second-order valence-corrected chi connectivity index (χ2v) is 11.6. The van der Waals surface area contributed by atoms with Crippen LogP contribution >= 0.6 is 11.3 Å². The quantitative estimate of drug-likeness (QED) is 0.349. The van der Waals surface area contributed by atoms with Crippen LogP contribution in [0.4, 0.5) is 18.3 Å². The molecule has 0 aliphatic carbocycles. The van der Waals surface area contributed by atoms with Crippen LogP contribution < -0.4 is 4.90 Å². The summed E-state index contributed by atoms with van der Waals surface area (Å²) in [5.41, 5.74) is 0.498. The Morgan fingerprint density at radius 1 is 1.08 bits per heavy atom. The number of piperidine rings is 1. The van der Waals surface area contributed by atoms with Crippen molar-refractivity contribution in [2.75, 3.05) is 18.0 Å². The van der Waals surface area contributed by atoms with Crippen molar-refractivity contribution in [1.29, 1.82) is 0 Å². The van der Waals surface area contributed by atoms with Gasteiger partial charge in [-0.25, -0.2) is 26.6 Å². The first-order chi connectivity index (χ1) is 17.7. The van der Waals surface area contributed by atoms with Crippen molar-refractivity contribution >= 4 is 42.6 Å². The maximum absolute atomic E-state index is 14.4. The number of carbonyl (C=O) groups is 1. The zero-order valence-electron chi connectivity index (χ0n) is 19.4. The average Bonchev–Trinajstić information content (AvgIpc) is 3.32. The summed E-state index contributed by atoms with van der Waals surface area (Å²) in [5, 5.41) is 0.161. The fraction of sp³-hybridized carbons (Fsp3) is 0.240. The fourth-order valence-corrected chi connectivity index (χ4v) is 6.83. The molecule has 0 saturated carbocycles. The van der Waals surface area contributed by atoms with Crippen LogP contribution in [0.2, 0.25) is 0 Å². The van der Waals surface area contributed by atoms with Gasteiger partial charge in [-0.1, -0.05) is 17.4 Å². The molecule has 7 nitrogen and oxygen atoms in total. The molecule has 12 heteroatoms. The van der Waals surface area contributed by atoms with Crippen molar-refractivity contribution in [3.05, 3.63) is 83.9 Å². The Bertz CT molecular complexity index is 1550. The van der Waals surface area contributed by atoms with E-state index in [4.69, 9.17) is 0 Å². The Labute approximate surface area is 215 Å². The Balaban J connectivity index is 1.46. The SMILES string of the molecule is O=C(C1CCCN(S(=O)(=O)c2ccc(F)cc2)C1)N(Cc1ccccn1)c1nc2c(F)cc(F)cc2s1. The van der Waals surface area contributed by atoms with E-state index in [9.17, 15) is 26.4 Å². The normalized spacial score (nSPS) is 16.7. The molecule has 3 heterocycles. The van der Waals surface area contributed by atoms with Gasteiger partial charge in [-0.2, -0.15) is 4.31 Å². The van der Waals surface area contributed by atoms with Gasteiger partial charge in [-0.3, -0.25) is 14.7 Å². The largest absolute Gasteiger partial charge is 0.282 e. The number of hydrogen-bond donors (Lipinski definition) is 0. The number of carbonyl (C=O) groups excluding carboxylic acids is 1. The molecular formula is C25H21F3N4O3S2. The van der Waals surface area contributed by atoms with Crippen LogP contribution in [0.25, 0.3) is 10.2 Å². The lowest BCUT2D eigenvalue weighted by atomic mass is 9.98. The number of hydrogen-bond acceptors (Lipinski definition) is 6. The maximum Gasteiger partial charge on any atom is 0.243 e. The monoisotopic (exact) mass is 546 g/mol. The average molecular weight is 547 g/mol. The number of rotatable bonds is 6. The molecule has 1 aliphatic heterocycles. The lowest BCUT2D eigenvalue weighted by Gasteiger charge is -2.33. The van der Waals surface area contributed by atoms with Crippen LogP contribution in [0.5, 0.6) is 0 Å². The third-order valence-corrected chi connectivity index (χ3v) is 9.03. The molecule has 0 radical (unpaired) electrons. The summed E-state index contributed by atoms with van der Waals surface area (Å²) in [5.74, 6) is -3.25. The molecule has 2 aromatic carbocycles. The van der Waals surface area contributed by atoms with E-state index in [0.29, 0.717) is 18.5 Å². The summed E-state index contributed by atoms with van der Waals surface area (Å²) in [6.45, 7) is 0.158. The number of pyridine rings is 1. The van der Waals surface area contributed by atoms with E-state index in [1.54, 1.807) is 24.4 Å². The number of thiazole rings is 1. The molecule has 1 aliphatic rings. The number of sulfonamides is 1. The Morgan fingerprint density at radius 3 is 2.59 bits per heavy atom. The number of fused-ring (bicyclic) bond motifs is 1. The van der Waals surface area contributed by atoms with Crippen molar-refractivity contribution in [1.82, 2.24) is 14.3 Å². The summed E-state index contributed by atoms with van der Waals surface area (Å²) >= 11 is 0.969. The first kappa shape index (κ1) is 25.3. The van der Waals surface area contributed by atoms with E-state index >= 15 is 0 Å². The van der Waals surface area contributed by atoms with Gasteiger partial charge in [0, 0.05) is 25.4 Å². The number of anilines is 1. The lowest BCUT2D eigenvalue weighted by molar-refractivity contribution is -0.123. The molecule has 1 amide bonds. The van der Waals surface area contributed by atoms with Crippen molar-refractivity contribution in [2.24, 2.45) is 5.92 Å². The summed E-state index contributed by atoms with van der Waals surface area (Å²) in [6.07, 6.45) is 2.44. The van der Waals surface area contributed by atoms with Gasteiger partial charge in [0.15, 0.2) is 10.9 Å². The van der Waals surface area contributed by atoms with Gasteiger partial charge in [-0.05, 0) is 55.3 Å². The highest BCUT2D eigenvalue weighted by Crippen LogP contribution is 2.34. The van der Waals surface area contributed by atoms with Gasteiger partial charge in [0.2, 0.25) is 15.9 Å². The Morgan fingerprint density at radius 2 is 1.86 bits per heavy atom. The van der Waals surface area contributed by atoms with E-state index in [2.05, 4.69) is 9.97 Å². The van der Waals surface area contributed by atoms with Crippen LogP contribution in [0.1, 0.15) is 18.5 Å². The highest BCUT2D eigenvalue weighted by atomic mass is 32.2. The number of benzene rings is 2. The molecule has 4 aromatic rings. The standard InChI is InChI=1S/C25H21F3N4O3S2/c26-17-6-8-20(9-7-17)37(34,35)31-11-3-4-16(14-31)24(33)32(15-19-5-1-2-10-29-19)25-30-23-21(28)12-18(27)13-22(23)36-25/h1-2,5-10,12-13,16H,3-4,11,14-15H2. The Hall–Kier alpha value is -3.35. The minimum Gasteiger partial charge on any atom is -0.282 e. The molecule has 1 fully saturated rings. The molecule has 192 valence electrons. The lowest BCUT2D eigenvalue weighted by Crippen LogP contribution is -2.46. The molecule has 0 N–H and O–H groups in total. The highest BCUT2D eigenvalue weighted by Gasteiger charge is 2.36. The molecule has 2 aromatic heterocycles. The summed E-state index contributed by atoms with van der Waals surface area (Å²) < 4.78 is 69.3. The Kier molecular flexibility index (Phi) is 6.97. The molecule has 1 saturated heterocycles. The third-order valence-electron chi connectivity index (χ3n) is 6.13. The molecule has 37 heavy (non-hydrogen) atoms. The molecule has 1 atom stereocenters. The van der Waals surface area contributed by atoms with Crippen LogP contribution in [0, 0.1) is 23.4 Å². The van der Waals surface area contributed by atoms with E-state index < -0.39 is 39.3 Å². The van der Waals surface area contributed by atoms with Crippen molar-refractivity contribution in [3.8, 4) is 0 Å². The van der Waals surface area contributed by atoms with Crippen LogP contribution in [0.15, 0.2) is 65.7 Å². The van der Waals surface area contributed by atoms with E-state index in [1.165, 1.54) is 21.3 Å². The van der Waals surface area contributed by atoms with Gasteiger partial charge >= 0.3 is 0 Å². The first-order valence-corrected chi connectivity index (χ1v) is 13.7. The van der Waals surface area contributed by atoms with Gasteiger partial charge < -0.3 is 0 Å². The second kappa shape index (κ2) is 10.2. The van der Waals surface area contributed by atoms with Gasteiger partial charge in [0.1, 0.15) is 17.2 Å². The predicted molar refractivity (Wildman–Crippen MR) is 133 cm³/mol. The molecule has 1 unspecified atom stereocenters. The first-order valence-electron chi connectivity index (χ1n) is 11.4. The minimum atomic E-state index is -3.95. The molecule has 5 rings (SSSR count). The molecule has 0 spiro atoms. The van der Waals surface area contributed by atoms with Crippen LogP contribution in [-0.2, 0) is 21.4 Å². The minimum absolute atomic E-state index is 0.0187. The molecule has 0 bridgehead atoms. The smallest absolute Gasteiger partial charge is 0.243 e. The predicted octanol–water partition coefficient (Wildman–Crippen LogP) is 4.74. The van der Waals surface area contributed by atoms with Gasteiger partial charge in [0.25, 0.3) is 0 Å². The third kappa shape index (κ3) is 5.22. The summed E-state index contributed by atoms with van der Waals surface area (Å²) in [7, 11) is -3.95. The zero-order chi connectivity index (χ0) is 26.2. The number of halogens is 3. The van der Waals surface area contributed by atoms with Gasteiger partial charge in [0.05, 0.1) is 27.8 Å². The van der Waals surface area contributed by atoms with E-state index in [1.807, 2.05) is 0 Å². The fourth-order valence-electron chi connectivity index (χ4n) is 4.29. The van der Waals surface area contributed by atoms with Crippen molar-refractivity contribution < 1.29 is 26.4 Å². The number of amides is 1. The molecular weight excluding hydrogens is 525 g/mol. The van der Waals surface area contributed by atoms with E-state index in [0.717, 1.165) is 35.6 Å². The topological polar surface area (TPSA) is 83.5 Å². The maximum atomic E-state index is 14.4. The number of nitrogens with zero attached hydrogens (tertiary/aromatic N) is 4. The summed E-state index contributed by atoms with van der Waals surface area (Å²) in [4.78, 5) is 23.6. The van der Waals surface area contributed by atoms with Crippen LogP contribution in [-0.4, -0.2) is 41.7 Å². The van der Waals surface area contributed by atoms with Crippen molar-refractivity contribution in [3.63, 3.8) is 0 Å². The van der Waals surface area contributed by atoms with Crippen LogP contribution in [0.3, 0.4) is 0 Å².